The molecule has 0 fully saturated rings. The van der Waals surface area contributed by atoms with Crippen LogP contribution in [0.15, 0.2) is 60.7 Å². The molecule has 136 valence electrons. The standard InChI is InChI=1S/C19H19NO5S/c1-13(20-19(24)25-12-14-8-4-2-5-9-14)18(23)26-16(17(21)22)15-10-6-3-7-11-15/h2-11,13,16H,12H2,1H3,(H,20,24)(H,21,22)/t13-,16-/m1/s1. The van der Waals surface area contributed by atoms with Crippen LogP contribution in [0, 0.1) is 0 Å². The molecule has 1 amide bonds. The van der Waals surface area contributed by atoms with Gasteiger partial charge in [0.05, 0.1) is 6.04 Å². The Bertz CT molecular complexity index is 751. The van der Waals surface area contributed by atoms with Gasteiger partial charge in [-0.2, -0.15) is 0 Å². The molecule has 0 saturated carbocycles. The van der Waals surface area contributed by atoms with Crippen molar-refractivity contribution in [3.05, 3.63) is 71.8 Å². The van der Waals surface area contributed by atoms with Crippen LogP contribution in [0.25, 0.3) is 0 Å². The summed E-state index contributed by atoms with van der Waals surface area (Å²) in [5, 5.41) is 10.3. The topological polar surface area (TPSA) is 92.7 Å². The van der Waals surface area contributed by atoms with E-state index in [9.17, 15) is 19.5 Å². The van der Waals surface area contributed by atoms with Gasteiger partial charge in [0.25, 0.3) is 0 Å². The van der Waals surface area contributed by atoms with Crippen molar-refractivity contribution >= 4 is 28.9 Å². The van der Waals surface area contributed by atoms with Crippen molar-refractivity contribution < 1.29 is 24.2 Å². The molecule has 0 aliphatic rings. The average Bonchev–Trinajstić information content (AvgIpc) is 2.65. The molecule has 6 nitrogen and oxygen atoms in total. The van der Waals surface area contributed by atoms with Gasteiger partial charge in [-0.3, -0.25) is 9.59 Å². The molecule has 2 N–H and O–H groups in total. The van der Waals surface area contributed by atoms with E-state index in [1.807, 2.05) is 30.3 Å². The third-order valence-corrected chi connectivity index (χ3v) is 4.76. The molecule has 0 heterocycles. The van der Waals surface area contributed by atoms with Crippen molar-refractivity contribution in [2.24, 2.45) is 0 Å². The lowest BCUT2D eigenvalue weighted by atomic mass is 10.1. The highest BCUT2D eigenvalue weighted by atomic mass is 32.2. The van der Waals surface area contributed by atoms with Crippen molar-refractivity contribution in [1.82, 2.24) is 5.32 Å². The first-order chi connectivity index (χ1) is 12.5. The van der Waals surface area contributed by atoms with Gasteiger partial charge in [0.15, 0.2) is 0 Å². The second-order valence-corrected chi connectivity index (χ2v) is 6.60. The Morgan fingerprint density at radius 1 is 1.04 bits per heavy atom. The summed E-state index contributed by atoms with van der Waals surface area (Å²) < 4.78 is 5.06. The fourth-order valence-corrected chi connectivity index (χ4v) is 3.00. The number of carbonyl (C=O) groups excluding carboxylic acids is 2. The molecule has 0 unspecified atom stereocenters. The minimum absolute atomic E-state index is 0.0858. The molecule has 0 radical (unpaired) electrons. The lowest BCUT2D eigenvalue weighted by Crippen LogP contribution is -2.38. The summed E-state index contributed by atoms with van der Waals surface area (Å²) in [6.45, 7) is 1.57. The van der Waals surface area contributed by atoms with Gasteiger partial charge in [-0.1, -0.05) is 72.4 Å². The number of rotatable bonds is 7. The smallest absolute Gasteiger partial charge is 0.408 e. The molecule has 0 spiro atoms. The first-order valence-electron chi connectivity index (χ1n) is 7.93. The molecule has 0 aromatic heterocycles. The average molecular weight is 373 g/mol. The Hall–Kier alpha value is -2.80. The molecular weight excluding hydrogens is 354 g/mol. The molecule has 26 heavy (non-hydrogen) atoms. The molecule has 0 bridgehead atoms. The minimum Gasteiger partial charge on any atom is -0.480 e. The maximum atomic E-state index is 12.3. The van der Waals surface area contributed by atoms with E-state index in [-0.39, 0.29) is 6.61 Å². The largest absolute Gasteiger partial charge is 0.480 e. The summed E-state index contributed by atoms with van der Waals surface area (Å²) in [5.41, 5.74) is 1.34. The van der Waals surface area contributed by atoms with Crippen LogP contribution in [-0.4, -0.2) is 28.3 Å². The Balaban J connectivity index is 1.87. The van der Waals surface area contributed by atoms with Crippen molar-refractivity contribution in [3.63, 3.8) is 0 Å². The first kappa shape index (κ1) is 19.5. The lowest BCUT2D eigenvalue weighted by Gasteiger charge is -2.16. The number of benzene rings is 2. The normalized spacial score (nSPS) is 12.7. The number of amides is 1. The van der Waals surface area contributed by atoms with Crippen molar-refractivity contribution in [2.75, 3.05) is 0 Å². The van der Waals surface area contributed by atoms with Crippen LogP contribution in [0.1, 0.15) is 23.3 Å². The highest BCUT2D eigenvalue weighted by Crippen LogP contribution is 2.30. The lowest BCUT2D eigenvalue weighted by molar-refractivity contribution is -0.136. The number of carboxylic acid groups (broad SMARTS) is 1. The number of carboxylic acids is 1. The van der Waals surface area contributed by atoms with Crippen LogP contribution in [0.3, 0.4) is 0 Å². The summed E-state index contributed by atoms with van der Waals surface area (Å²) in [6.07, 6.45) is -0.734. The molecule has 0 saturated heterocycles. The van der Waals surface area contributed by atoms with Gasteiger partial charge in [0, 0.05) is 0 Å². The Morgan fingerprint density at radius 3 is 2.19 bits per heavy atom. The number of nitrogens with one attached hydrogen (secondary N) is 1. The zero-order valence-corrected chi connectivity index (χ0v) is 14.9. The van der Waals surface area contributed by atoms with E-state index >= 15 is 0 Å². The zero-order chi connectivity index (χ0) is 18.9. The summed E-state index contributed by atoms with van der Waals surface area (Å²) in [5.74, 6) is -1.12. The van der Waals surface area contributed by atoms with Crippen LogP contribution < -0.4 is 5.32 Å². The van der Waals surface area contributed by atoms with Gasteiger partial charge in [-0.05, 0) is 18.1 Å². The zero-order valence-electron chi connectivity index (χ0n) is 14.1. The molecular formula is C19H19NO5S. The van der Waals surface area contributed by atoms with E-state index in [0.29, 0.717) is 17.3 Å². The van der Waals surface area contributed by atoms with Crippen LogP contribution >= 0.6 is 11.8 Å². The van der Waals surface area contributed by atoms with Crippen LogP contribution in [0.5, 0.6) is 0 Å². The quantitative estimate of drug-likeness (QED) is 0.773. The predicted molar refractivity (Wildman–Crippen MR) is 98.6 cm³/mol. The third kappa shape index (κ3) is 5.93. The van der Waals surface area contributed by atoms with Gasteiger partial charge >= 0.3 is 12.1 Å². The number of thioether (sulfide) groups is 1. The third-order valence-electron chi connectivity index (χ3n) is 3.46. The number of aliphatic carboxylic acids is 1. The molecule has 2 aromatic rings. The van der Waals surface area contributed by atoms with E-state index in [0.717, 1.165) is 5.56 Å². The van der Waals surface area contributed by atoms with Crippen LogP contribution in [0.2, 0.25) is 0 Å². The molecule has 2 atom stereocenters. The Morgan fingerprint density at radius 2 is 1.62 bits per heavy atom. The Kier molecular flexibility index (Phi) is 7.23. The van der Waals surface area contributed by atoms with Crippen LogP contribution in [0.4, 0.5) is 4.79 Å². The first-order valence-corrected chi connectivity index (χ1v) is 8.81. The number of ether oxygens (including phenoxy) is 1. The maximum absolute atomic E-state index is 12.3. The SMILES string of the molecule is C[C@@H](NC(=O)OCc1ccccc1)C(=O)S[C@@H](C(=O)O)c1ccccc1. The molecule has 0 aliphatic heterocycles. The van der Waals surface area contributed by atoms with Crippen LogP contribution in [-0.2, 0) is 20.9 Å². The molecule has 2 aromatic carbocycles. The van der Waals surface area contributed by atoms with Crippen molar-refractivity contribution in [2.45, 2.75) is 24.8 Å². The monoisotopic (exact) mass is 373 g/mol. The summed E-state index contributed by atoms with van der Waals surface area (Å²) in [4.78, 5) is 35.5. The van der Waals surface area contributed by atoms with E-state index in [4.69, 9.17) is 4.74 Å². The van der Waals surface area contributed by atoms with Crippen molar-refractivity contribution in [3.8, 4) is 0 Å². The molecule has 2 rings (SSSR count). The summed E-state index contributed by atoms with van der Waals surface area (Å²) in [6, 6.07) is 16.7. The second kappa shape index (κ2) is 9.62. The van der Waals surface area contributed by atoms with Gasteiger partial charge in [-0.25, -0.2) is 4.79 Å². The van der Waals surface area contributed by atoms with Gasteiger partial charge in [-0.15, -0.1) is 0 Å². The minimum atomic E-state index is -1.12. The van der Waals surface area contributed by atoms with E-state index < -0.39 is 28.5 Å². The van der Waals surface area contributed by atoms with Gasteiger partial charge < -0.3 is 15.2 Å². The van der Waals surface area contributed by atoms with E-state index in [2.05, 4.69) is 5.32 Å². The Labute approximate surface area is 155 Å². The summed E-state index contributed by atoms with van der Waals surface area (Å²) in [7, 11) is 0. The highest BCUT2D eigenvalue weighted by molar-refractivity contribution is 8.14. The fourth-order valence-electron chi connectivity index (χ4n) is 2.11. The van der Waals surface area contributed by atoms with Gasteiger partial charge in [0.1, 0.15) is 11.9 Å². The van der Waals surface area contributed by atoms with E-state index in [1.54, 1.807) is 30.3 Å². The summed E-state index contributed by atoms with van der Waals surface area (Å²) >= 11 is 0.662. The molecule has 7 heteroatoms. The predicted octanol–water partition coefficient (Wildman–Crippen LogP) is 3.39. The number of alkyl carbamates (subject to hydrolysis) is 1. The van der Waals surface area contributed by atoms with E-state index in [1.165, 1.54) is 6.92 Å². The molecule has 0 aliphatic carbocycles. The van der Waals surface area contributed by atoms with Gasteiger partial charge in [0.2, 0.25) is 5.12 Å². The maximum Gasteiger partial charge on any atom is 0.408 e. The number of hydrogen-bond acceptors (Lipinski definition) is 5. The fraction of sp³-hybridized carbons (Fsp3) is 0.211. The number of carbonyl (C=O) groups is 3. The highest BCUT2D eigenvalue weighted by Gasteiger charge is 2.27. The van der Waals surface area contributed by atoms with Crippen molar-refractivity contribution in [1.29, 1.82) is 0 Å². The second-order valence-electron chi connectivity index (χ2n) is 5.49. The number of hydrogen-bond donors (Lipinski definition) is 2.